The molecule has 5 nitrogen and oxygen atoms in total. The molecule has 5 heteroatoms. The van der Waals surface area contributed by atoms with E-state index in [0.29, 0.717) is 0 Å². The molecule has 0 aliphatic rings. The predicted octanol–water partition coefficient (Wildman–Crippen LogP) is 2.51. The molecule has 0 fully saturated rings. The van der Waals surface area contributed by atoms with Crippen LogP contribution in [0.1, 0.15) is 37.0 Å². The Morgan fingerprint density at radius 1 is 1.41 bits per heavy atom. The first kappa shape index (κ1) is 11.6. The molecule has 2 aromatic rings. The zero-order chi connectivity index (χ0) is 12.6. The van der Waals surface area contributed by atoms with Gasteiger partial charge in [-0.2, -0.15) is 0 Å². The van der Waals surface area contributed by atoms with Crippen molar-refractivity contribution in [2.24, 2.45) is 5.41 Å². The monoisotopic (exact) mass is 234 g/mol. The normalized spacial score (nSPS) is 11.9. The number of aromatic carboxylic acids is 1. The van der Waals surface area contributed by atoms with Gasteiger partial charge in [0.2, 0.25) is 0 Å². The summed E-state index contributed by atoms with van der Waals surface area (Å²) in [5, 5.41) is 13.5. The van der Waals surface area contributed by atoms with Crippen molar-refractivity contribution in [2.45, 2.75) is 27.2 Å². The fourth-order valence-corrected chi connectivity index (χ4v) is 1.63. The molecule has 2 rings (SSSR count). The summed E-state index contributed by atoms with van der Waals surface area (Å²) < 4.78 is 5.06. The van der Waals surface area contributed by atoms with Crippen LogP contribution in [0.4, 0.5) is 0 Å². The van der Waals surface area contributed by atoms with Crippen LogP contribution in [-0.2, 0) is 6.42 Å². The summed E-state index contributed by atoms with van der Waals surface area (Å²) in [5.74, 6) is -1.07. The molecule has 0 saturated heterocycles. The summed E-state index contributed by atoms with van der Waals surface area (Å²) in [7, 11) is 0. The van der Waals surface area contributed by atoms with Crippen molar-refractivity contribution >= 4 is 17.1 Å². The molecular formula is C12H14N2O3. The van der Waals surface area contributed by atoms with Gasteiger partial charge in [0, 0.05) is 0 Å². The van der Waals surface area contributed by atoms with E-state index >= 15 is 0 Å². The average molecular weight is 234 g/mol. The number of hydrogen-bond acceptors (Lipinski definition) is 4. The standard InChI is InChI=1S/C12H14N2O3/c1-12(2,3)6-9-7-4-5-8(11(15)16)13-10(7)17-14-9/h4-5H,6H2,1-3H3,(H,15,16). The van der Waals surface area contributed by atoms with E-state index in [0.717, 1.165) is 17.5 Å². The summed E-state index contributed by atoms with van der Waals surface area (Å²) in [4.78, 5) is 14.7. The highest BCUT2D eigenvalue weighted by Gasteiger charge is 2.18. The third kappa shape index (κ3) is 2.43. The second kappa shape index (κ2) is 3.84. The summed E-state index contributed by atoms with van der Waals surface area (Å²) >= 11 is 0. The summed E-state index contributed by atoms with van der Waals surface area (Å²) in [6.45, 7) is 6.31. The average Bonchev–Trinajstić information content (AvgIpc) is 2.58. The van der Waals surface area contributed by atoms with E-state index in [1.54, 1.807) is 6.07 Å². The molecule has 2 heterocycles. The van der Waals surface area contributed by atoms with E-state index in [2.05, 4.69) is 30.9 Å². The summed E-state index contributed by atoms with van der Waals surface area (Å²) in [5.41, 5.74) is 1.16. The van der Waals surface area contributed by atoms with Gasteiger partial charge in [-0.25, -0.2) is 9.78 Å². The summed E-state index contributed by atoms with van der Waals surface area (Å²) in [6.07, 6.45) is 0.758. The van der Waals surface area contributed by atoms with E-state index < -0.39 is 5.97 Å². The van der Waals surface area contributed by atoms with Crippen molar-refractivity contribution in [1.82, 2.24) is 10.1 Å². The maximum Gasteiger partial charge on any atom is 0.354 e. The van der Waals surface area contributed by atoms with Crippen LogP contribution in [0.3, 0.4) is 0 Å². The maximum atomic E-state index is 10.8. The highest BCUT2D eigenvalue weighted by atomic mass is 16.5. The molecule has 0 bridgehead atoms. The van der Waals surface area contributed by atoms with Crippen molar-refractivity contribution in [3.05, 3.63) is 23.5 Å². The van der Waals surface area contributed by atoms with Crippen LogP contribution < -0.4 is 0 Å². The van der Waals surface area contributed by atoms with Crippen LogP contribution in [-0.4, -0.2) is 21.2 Å². The Labute approximate surface area is 98.4 Å². The Morgan fingerprint density at radius 2 is 2.12 bits per heavy atom. The molecule has 0 aliphatic carbocycles. The Balaban J connectivity index is 2.45. The minimum Gasteiger partial charge on any atom is -0.477 e. The molecule has 0 atom stereocenters. The number of aromatic nitrogens is 2. The molecule has 0 amide bonds. The quantitative estimate of drug-likeness (QED) is 0.863. The second-order valence-corrected chi connectivity index (χ2v) is 5.22. The molecule has 17 heavy (non-hydrogen) atoms. The fraction of sp³-hybridized carbons (Fsp3) is 0.417. The lowest BCUT2D eigenvalue weighted by Gasteiger charge is -2.15. The molecule has 0 radical (unpaired) electrons. The van der Waals surface area contributed by atoms with E-state index in [4.69, 9.17) is 9.63 Å². The van der Waals surface area contributed by atoms with E-state index in [-0.39, 0.29) is 16.8 Å². The first-order valence-electron chi connectivity index (χ1n) is 5.35. The van der Waals surface area contributed by atoms with Crippen LogP contribution in [0.25, 0.3) is 11.1 Å². The number of carboxylic acid groups (broad SMARTS) is 1. The third-order valence-electron chi connectivity index (χ3n) is 2.33. The van der Waals surface area contributed by atoms with Crippen LogP contribution in [0.15, 0.2) is 16.7 Å². The predicted molar refractivity (Wildman–Crippen MR) is 61.9 cm³/mol. The van der Waals surface area contributed by atoms with Crippen molar-refractivity contribution in [3.8, 4) is 0 Å². The number of carboxylic acids is 1. The topological polar surface area (TPSA) is 76.2 Å². The van der Waals surface area contributed by atoms with E-state index in [1.165, 1.54) is 6.07 Å². The van der Waals surface area contributed by atoms with Crippen molar-refractivity contribution in [2.75, 3.05) is 0 Å². The highest BCUT2D eigenvalue weighted by molar-refractivity contribution is 5.88. The smallest absolute Gasteiger partial charge is 0.354 e. The molecule has 0 spiro atoms. The molecule has 0 aromatic carbocycles. The largest absolute Gasteiger partial charge is 0.477 e. The number of rotatable bonds is 2. The van der Waals surface area contributed by atoms with Crippen molar-refractivity contribution in [1.29, 1.82) is 0 Å². The second-order valence-electron chi connectivity index (χ2n) is 5.22. The maximum absolute atomic E-state index is 10.8. The number of nitrogens with zero attached hydrogens (tertiary/aromatic N) is 2. The van der Waals surface area contributed by atoms with Gasteiger partial charge in [0.1, 0.15) is 0 Å². The summed E-state index contributed by atoms with van der Waals surface area (Å²) in [6, 6.07) is 3.16. The van der Waals surface area contributed by atoms with Crippen molar-refractivity contribution in [3.63, 3.8) is 0 Å². The lowest BCUT2D eigenvalue weighted by atomic mass is 9.90. The van der Waals surface area contributed by atoms with Gasteiger partial charge in [0.25, 0.3) is 5.71 Å². The van der Waals surface area contributed by atoms with E-state index in [1.807, 2.05) is 0 Å². The Morgan fingerprint density at radius 3 is 2.71 bits per heavy atom. The van der Waals surface area contributed by atoms with Crippen LogP contribution in [0, 0.1) is 5.41 Å². The number of hydrogen-bond donors (Lipinski definition) is 1. The lowest BCUT2D eigenvalue weighted by molar-refractivity contribution is 0.0690. The molecule has 0 unspecified atom stereocenters. The minimum atomic E-state index is -1.07. The Bertz CT molecular complexity index is 567. The van der Waals surface area contributed by atoms with Crippen molar-refractivity contribution < 1.29 is 14.4 Å². The molecule has 2 aromatic heterocycles. The van der Waals surface area contributed by atoms with Gasteiger partial charge in [-0.3, -0.25) is 0 Å². The number of carbonyl (C=O) groups is 1. The third-order valence-corrected chi connectivity index (χ3v) is 2.33. The van der Waals surface area contributed by atoms with Gasteiger partial charge in [-0.1, -0.05) is 25.9 Å². The minimum absolute atomic E-state index is 0.0315. The molecule has 0 saturated carbocycles. The number of pyridine rings is 1. The Hall–Kier alpha value is -1.91. The SMILES string of the molecule is CC(C)(C)Cc1noc2nc(C(=O)O)ccc12. The zero-order valence-corrected chi connectivity index (χ0v) is 10.0. The van der Waals surface area contributed by atoms with Gasteiger partial charge in [0.05, 0.1) is 11.1 Å². The van der Waals surface area contributed by atoms with Gasteiger partial charge >= 0.3 is 5.97 Å². The number of fused-ring (bicyclic) bond motifs is 1. The van der Waals surface area contributed by atoms with Gasteiger partial charge in [0.15, 0.2) is 5.69 Å². The molecular weight excluding hydrogens is 220 g/mol. The first-order valence-corrected chi connectivity index (χ1v) is 5.35. The van der Waals surface area contributed by atoms with Crippen LogP contribution >= 0.6 is 0 Å². The first-order chi connectivity index (χ1) is 7.87. The van der Waals surface area contributed by atoms with Gasteiger partial charge in [-0.15, -0.1) is 0 Å². The fourth-order valence-electron chi connectivity index (χ4n) is 1.63. The van der Waals surface area contributed by atoms with Crippen LogP contribution in [0.5, 0.6) is 0 Å². The highest BCUT2D eigenvalue weighted by Crippen LogP contribution is 2.25. The molecule has 90 valence electrons. The lowest BCUT2D eigenvalue weighted by Crippen LogP contribution is -2.09. The molecule has 1 N–H and O–H groups in total. The van der Waals surface area contributed by atoms with Gasteiger partial charge < -0.3 is 9.63 Å². The van der Waals surface area contributed by atoms with Gasteiger partial charge in [-0.05, 0) is 24.0 Å². The zero-order valence-electron chi connectivity index (χ0n) is 10.0. The molecule has 0 aliphatic heterocycles. The van der Waals surface area contributed by atoms with Crippen LogP contribution in [0.2, 0.25) is 0 Å². The van der Waals surface area contributed by atoms with E-state index in [9.17, 15) is 4.79 Å². The Kier molecular flexibility index (Phi) is 2.61.